The first-order valence-corrected chi connectivity index (χ1v) is 13.2. The molecule has 1 atom stereocenters. The second-order valence-electron chi connectivity index (χ2n) is 8.55. The minimum absolute atomic E-state index is 0.00689. The van der Waals surface area contributed by atoms with Crippen LogP contribution in [0.15, 0.2) is 41.4 Å². The summed E-state index contributed by atoms with van der Waals surface area (Å²) in [4.78, 5) is 15.8. The van der Waals surface area contributed by atoms with E-state index in [1.807, 2.05) is 13.1 Å². The highest BCUT2D eigenvalue weighted by molar-refractivity contribution is 7.89. The van der Waals surface area contributed by atoms with Crippen molar-refractivity contribution in [3.05, 3.63) is 69.3 Å². The monoisotopic (exact) mass is 513 g/mol. The molecule has 0 radical (unpaired) electrons. The average molecular weight is 514 g/mol. The Hall–Kier alpha value is -3.42. The van der Waals surface area contributed by atoms with Crippen molar-refractivity contribution in [2.24, 2.45) is 0 Å². The molecule has 3 heterocycles. The number of nitro benzene ring substituents is 1. The highest BCUT2D eigenvalue weighted by Gasteiger charge is 2.29. The number of aryl methyl sites for hydroxylation is 2. The highest BCUT2D eigenvalue weighted by Crippen LogP contribution is 2.34. The molecular weight excluding hydrogens is 490 g/mol. The van der Waals surface area contributed by atoms with Crippen molar-refractivity contribution >= 4 is 44.2 Å². The van der Waals surface area contributed by atoms with Crippen LogP contribution < -0.4 is 10.0 Å². The van der Waals surface area contributed by atoms with Gasteiger partial charge in [-0.1, -0.05) is 12.1 Å². The summed E-state index contributed by atoms with van der Waals surface area (Å²) in [6, 6.07) is 8.20. The summed E-state index contributed by atoms with van der Waals surface area (Å²) in [6.45, 7) is 4.02. The number of nitrogens with zero attached hydrogens (tertiary/aromatic N) is 5. The van der Waals surface area contributed by atoms with E-state index in [4.69, 9.17) is 0 Å². The lowest BCUT2D eigenvalue weighted by molar-refractivity contribution is -0.384. The van der Waals surface area contributed by atoms with Crippen molar-refractivity contribution in [3.8, 4) is 0 Å². The summed E-state index contributed by atoms with van der Waals surface area (Å²) < 4.78 is 39.2. The third kappa shape index (κ3) is 4.49. The number of nitrogens with one attached hydrogen (secondary N) is 2. The maximum absolute atomic E-state index is 13.1. The van der Waals surface area contributed by atoms with E-state index in [-0.39, 0.29) is 28.7 Å². The Morgan fingerprint density at radius 3 is 2.86 bits per heavy atom. The largest absolute Gasteiger partial charge is 0.375 e. The lowest BCUT2D eigenvalue weighted by atomic mass is 10.1. The van der Waals surface area contributed by atoms with Crippen molar-refractivity contribution in [1.82, 2.24) is 23.0 Å². The molecule has 35 heavy (non-hydrogen) atoms. The van der Waals surface area contributed by atoms with Gasteiger partial charge in [-0.15, -0.1) is 0 Å². The van der Waals surface area contributed by atoms with E-state index >= 15 is 0 Å². The standard InChI is InChI=1S/C22H23N7O4S2/c1-13-11-28-12-16(6-9-20(28)24-13)25-18-7-8-19(14(2)22(18)29(30)31)35(32,33)23-10-15-4-3-5-17-21(15)27-34-26-17/h3-5,7-8,11,16,23,25H,6,9-10,12H2,1-2H3. The third-order valence-electron chi connectivity index (χ3n) is 6.15. The molecule has 2 aromatic heterocycles. The van der Waals surface area contributed by atoms with E-state index in [9.17, 15) is 18.5 Å². The predicted octanol–water partition coefficient (Wildman–Crippen LogP) is 3.32. The molecule has 0 spiro atoms. The van der Waals surface area contributed by atoms with Crippen molar-refractivity contribution in [2.75, 3.05) is 5.32 Å². The quantitative estimate of drug-likeness (QED) is 0.283. The van der Waals surface area contributed by atoms with Gasteiger partial charge in [0.25, 0.3) is 5.69 Å². The van der Waals surface area contributed by atoms with Crippen LogP contribution in [0.2, 0.25) is 0 Å². The van der Waals surface area contributed by atoms with E-state index in [1.54, 1.807) is 18.2 Å². The molecule has 4 aromatic rings. The second kappa shape index (κ2) is 8.98. The predicted molar refractivity (Wildman–Crippen MR) is 132 cm³/mol. The second-order valence-corrected chi connectivity index (χ2v) is 10.8. The molecule has 0 bridgehead atoms. The molecule has 5 rings (SSSR count). The summed E-state index contributed by atoms with van der Waals surface area (Å²) in [5.74, 6) is 1.00. The molecule has 1 aliphatic heterocycles. The van der Waals surface area contributed by atoms with Crippen LogP contribution in [-0.4, -0.2) is 37.7 Å². The van der Waals surface area contributed by atoms with Gasteiger partial charge in [0.05, 0.1) is 27.2 Å². The fourth-order valence-electron chi connectivity index (χ4n) is 4.50. The molecule has 0 aliphatic carbocycles. The molecule has 0 fully saturated rings. The SMILES string of the molecule is Cc1cn2c(n1)CCC(Nc1ccc(S(=O)(=O)NCc3cccc4nsnc34)c(C)c1[N+](=O)[O-])C2. The number of hydrogen-bond acceptors (Lipinski definition) is 9. The summed E-state index contributed by atoms with van der Waals surface area (Å²) in [5.41, 5.74) is 3.07. The van der Waals surface area contributed by atoms with Crippen LogP contribution in [-0.2, 0) is 29.5 Å². The molecular formula is C22H23N7O4S2. The first-order valence-electron chi connectivity index (χ1n) is 11.0. The molecule has 0 saturated heterocycles. The number of hydrogen-bond donors (Lipinski definition) is 2. The van der Waals surface area contributed by atoms with E-state index in [2.05, 4.69) is 28.3 Å². The maximum atomic E-state index is 13.1. The number of rotatable bonds is 7. The fraction of sp³-hybridized carbons (Fsp3) is 0.318. The molecule has 13 heteroatoms. The normalized spacial score (nSPS) is 15.8. The van der Waals surface area contributed by atoms with Crippen molar-refractivity contribution < 1.29 is 13.3 Å². The third-order valence-corrected chi connectivity index (χ3v) is 8.24. The van der Waals surface area contributed by atoms with E-state index in [1.165, 1.54) is 19.1 Å². The maximum Gasteiger partial charge on any atom is 0.296 e. The van der Waals surface area contributed by atoms with Crippen LogP contribution in [0.5, 0.6) is 0 Å². The van der Waals surface area contributed by atoms with Crippen molar-refractivity contribution in [1.29, 1.82) is 0 Å². The van der Waals surface area contributed by atoms with Crippen LogP contribution in [0.25, 0.3) is 11.0 Å². The Kier molecular flexibility index (Phi) is 5.99. The first-order chi connectivity index (χ1) is 16.7. The van der Waals surface area contributed by atoms with E-state index in [0.29, 0.717) is 28.8 Å². The van der Waals surface area contributed by atoms with Gasteiger partial charge in [-0.05, 0) is 44.0 Å². The Labute approximate surface area is 205 Å². The minimum atomic E-state index is -4.02. The summed E-state index contributed by atoms with van der Waals surface area (Å²) >= 11 is 1.05. The number of benzene rings is 2. The van der Waals surface area contributed by atoms with Gasteiger partial charge in [0.1, 0.15) is 22.5 Å². The Bertz CT molecular complexity index is 1540. The van der Waals surface area contributed by atoms with Crippen molar-refractivity contribution in [2.45, 2.75) is 50.7 Å². The first kappa shape index (κ1) is 23.3. The van der Waals surface area contributed by atoms with Crippen LogP contribution in [0.3, 0.4) is 0 Å². The van der Waals surface area contributed by atoms with Gasteiger partial charge >= 0.3 is 0 Å². The molecule has 1 aliphatic rings. The van der Waals surface area contributed by atoms with Gasteiger partial charge in [0.15, 0.2) is 0 Å². The van der Waals surface area contributed by atoms with Crippen LogP contribution >= 0.6 is 11.7 Å². The lowest BCUT2D eigenvalue weighted by Gasteiger charge is -2.26. The Morgan fingerprint density at radius 2 is 2.06 bits per heavy atom. The molecule has 182 valence electrons. The Balaban J connectivity index is 1.39. The van der Waals surface area contributed by atoms with Gasteiger partial charge in [-0.3, -0.25) is 10.1 Å². The average Bonchev–Trinajstić information content (AvgIpc) is 3.43. The van der Waals surface area contributed by atoms with Crippen molar-refractivity contribution in [3.63, 3.8) is 0 Å². The van der Waals surface area contributed by atoms with Crippen LogP contribution in [0.4, 0.5) is 11.4 Å². The van der Waals surface area contributed by atoms with Gasteiger partial charge in [-0.2, -0.15) is 8.75 Å². The lowest BCUT2D eigenvalue weighted by Crippen LogP contribution is -2.31. The summed E-state index contributed by atoms with van der Waals surface area (Å²) in [5, 5.41) is 15.2. The number of sulfonamides is 1. The van der Waals surface area contributed by atoms with E-state index < -0.39 is 14.9 Å². The Morgan fingerprint density at radius 1 is 1.23 bits per heavy atom. The van der Waals surface area contributed by atoms with Crippen LogP contribution in [0, 0.1) is 24.0 Å². The summed E-state index contributed by atoms with van der Waals surface area (Å²) in [7, 11) is -4.02. The molecule has 0 saturated carbocycles. The zero-order valence-corrected chi connectivity index (χ0v) is 20.7. The number of imidazole rings is 1. The molecule has 2 aromatic carbocycles. The molecule has 1 unspecified atom stereocenters. The number of fused-ring (bicyclic) bond motifs is 2. The van der Waals surface area contributed by atoms with Gasteiger partial charge in [0.2, 0.25) is 10.0 Å². The van der Waals surface area contributed by atoms with Gasteiger partial charge in [0, 0.05) is 37.3 Å². The molecule has 11 nitrogen and oxygen atoms in total. The highest BCUT2D eigenvalue weighted by atomic mass is 32.2. The fourth-order valence-corrected chi connectivity index (χ4v) is 6.32. The van der Waals surface area contributed by atoms with Gasteiger partial charge < -0.3 is 9.88 Å². The number of anilines is 1. The number of aromatic nitrogens is 4. The smallest absolute Gasteiger partial charge is 0.296 e. The summed E-state index contributed by atoms with van der Waals surface area (Å²) in [6.07, 6.45) is 3.49. The molecule has 2 N–H and O–H groups in total. The number of nitro groups is 1. The molecule has 0 amide bonds. The van der Waals surface area contributed by atoms with Crippen LogP contribution in [0.1, 0.15) is 29.1 Å². The van der Waals surface area contributed by atoms with Gasteiger partial charge in [-0.25, -0.2) is 18.1 Å². The zero-order chi connectivity index (χ0) is 24.7. The van der Waals surface area contributed by atoms with E-state index in [0.717, 1.165) is 36.1 Å². The topological polar surface area (TPSA) is 145 Å². The zero-order valence-electron chi connectivity index (χ0n) is 19.1. The minimum Gasteiger partial charge on any atom is -0.375 e.